The van der Waals surface area contributed by atoms with Crippen molar-refractivity contribution < 1.29 is 51.9 Å². The molecule has 0 fully saturated rings. The molecule has 2 atom stereocenters. The Balaban J connectivity index is 0.000000662. The molecule has 6 aromatic rings. The monoisotopic (exact) mass is 1660 g/mol. The third-order valence-corrected chi connectivity index (χ3v) is 24.0. The number of ether oxygens (including phenoxy) is 4. The number of unbranched alkanes of at least 4 members (excludes halogenated alkanes) is 2. The first kappa shape index (κ1) is 95.6. The van der Waals surface area contributed by atoms with Crippen LogP contribution in [0.2, 0.25) is 0 Å². The summed E-state index contributed by atoms with van der Waals surface area (Å²) in [5, 5.41) is 0. The molecule has 0 N–H and O–H groups in total. The van der Waals surface area contributed by atoms with Crippen LogP contribution < -0.4 is 18.9 Å². The normalized spacial score (nSPS) is 12.7. The standard InChI is InChI=1S/2C21H34OS3.2C20H24OS3.2Ni/c2*1-6-8-13-25-21(24)20(23)18-14-17(16(5)7-2)9-10-19(18)22-12-11-15(3)4;2*1-14(2)11-12-21-18-10-9-15(3)13-17(18)19(22)20(23)24-16-7-5-4-6-8-16;;/h2*9-10,14-16,23-24H,6-8,11-13H2,1-5H3;2*4-10,13-14,22-23H,11-12H2,1-3H3;;/p-8. The van der Waals surface area contributed by atoms with Crippen molar-refractivity contribution >= 4 is 168 Å². The molecule has 0 amide bonds. The molecule has 4 nitrogen and oxygen atoms in total. The fourth-order valence-corrected chi connectivity index (χ4v) is 14.7. The van der Waals surface area contributed by atoms with Gasteiger partial charge in [-0.3, -0.25) is 0 Å². The Hall–Kier alpha value is -2.37. The van der Waals surface area contributed by atoms with E-state index >= 15 is 0 Å². The third-order valence-electron chi connectivity index (χ3n) is 15.5. The average molecular weight is 1660 g/mol. The second kappa shape index (κ2) is 54.2. The Kier molecular flexibility index (Phi) is 51.9. The molecule has 0 saturated heterocycles. The zero-order valence-corrected chi connectivity index (χ0v) is 73.4. The zero-order valence-electron chi connectivity index (χ0n) is 61.6. The van der Waals surface area contributed by atoms with Crippen LogP contribution in [0.4, 0.5) is 0 Å². The van der Waals surface area contributed by atoms with E-state index < -0.39 is 0 Å². The first-order valence-corrected chi connectivity index (χ1v) is 41.7. The van der Waals surface area contributed by atoms with Gasteiger partial charge < -0.3 is 120 Å². The molecule has 0 aliphatic rings. The molecule has 0 bridgehead atoms. The van der Waals surface area contributed by atoms with Crippen molar-refractivity contribution in [1.29, 1.82) is 0 Å². The van der Waals surface area contributed by atoms with Gasteiger partial charge in [-0.15, -0.1) is 23.5 Å². The van der Waals surface area contributed by atoms with E-state index in [0.717, 1.165) is 147 Å². The van der Waals surface area contributed by atoms with E-state index in [4.69, 9.17) is 120 Å². The first-order chi connectivity index (χ1) is 46.7. The van der Waals surface area contributed by atoms with Crippen LogP contribution >= 0.6 is 47.0 Å². The van der Waals surface area contributed by atoms with E-state index in [2.05, 4.69) is 159 Å². The number of benzene rings is 6. The largest absolute Gasteiger partial charge is 0.780 e. The fourth-order valence-electron chi connectivity index (χ4n) is 8.77. The Morgan fingerprint density at radius 2 is 0.620 bits per heavy atom. The summed E-state index contributed by atoms with van der Waals surface area (Å²) in [5.74, 6) is 8.94. The first-order valence-electron chi connectivity index (χ1n) is 34.8. The molecule has 6 aromatic carbocycles. The van der Waals surface area contributed by atoms with E-state index in [9.17, 15) is 0 Å². The van der Waals surface area contributed by atoms with Gasteiger partial charge in [0, 0.05) is 42.8 Å². The molecular weight excluding hydrogens is 1550 g/mol. The van der Waals surface area contributed by atoms with Gasteiger partial charge in [0.2, 0.25) is 0 Å². The van der Waals surface area contributed by atoms with E-state index in [1.165, 1.54) is 47.5 Å². The number of rotatable bonds is 36. The predicted molar refractivity (Wildman–Crippen MR) is 458 cm³/mol. The van der Waals surface area contributed by atoms with Crippen molar-refractivity contribution in [3.63, 3.8) is 0 Å². The third kappa shape index (κ3) is 37.2. The minimum Gasteiger partial charge on any atom is -0.780 e. The molecule has 0 aliphatic carbocycles. The number of hydrogen-bond acceptors (Lipinski definition) is 16. The van der Waals surface area contributed by atoms with Crippen molar-refractivity contribution in [1.82, 2.24) is 0 Å². The second-order valence-corrected chi connectivity index (χ2v) is 34.6. The summed E-state index contributed by atoms with van der Waals surface area (Å²) in [6, 6.07) is 45.2. The van der Waals surface area contributed by atoms with Crippen molar-refractivity contribution in [3.05, 3.63) is 195 Å². The van der Waals surface area contributed by atoms with Gasteiger partial charge in [0.1, 0.15) is 23.0 Å². The molecule has 0 saturated carbocycles. The number of aryl methyl sites for hydroxylation is 2. The SMILES string of the molecule is CCCCSC([S-])=C([S-])c1cc(C(C)CC)ccc1OCCC(C)C.CCCCSC([S-])=C([S-])c1cc(C(C)CC)ccc1OCCC(C)C.Cc1ccc(OCCC(C)C)c(C([S-])=C([S-])Sc2ccccc2)c1.Cc1ccc(OCCC(C)C)c(C([S-])=C([S-])Sc2ccccc2)c1.[Ni].[Ni]. The molecule has 2 unspecified atom stereocenters. The Bertz CT molecular complexity index is 3170. The Labute approximate surface area is 688 Å². The summed E-state index contributed by atoms with van der Waals surface area (Å²) in [4.78, 5) is 5.09. The van der Waals surface area contributed by atoms with Crippen LogP contribution in [0, 0.1) is 37.5 Å². The van der Waals surface area contributed by atoms with E-state index in [1.807, 2.05) is 84.9 Å². The molecule has 18 heteroatoms. The molecule has 6 rings (SSSR count). The van der Waals surface area contributed by atoms with E-state index in [0.29, 0.717) is 80.2 Å². The summed E-state index contributed by atoms with van der Waals surface area (Å²) < 4.78 is 27.1. The molecule has 100 heavy (non-hydrogen) atoms. The molecule has 0 radical (unpaired) electrons. The molecule has 0 aromatic heterocycles. The van der Waals surface area contributed by atoms with Crippen molar-refractivity contribution in [2.75, 3.05) is 37.9 Å². The molecule has 560 valence electrons. The van der Waals surface area contributed by atoms with E-state index in [1.54, 1.807) is 23.5 Å². The maximum Gasteiger partial charge on any atom is 0.124 e. The molecule has 0 spiro atoms. The Morgan fingerprint density at radius 1 is 0.350 bits per heavy atom. The smallest absolute Gasteiger partial charge is 0.124 e. The van der Waals surface area contributed by atoms with Crippen LogP contribution in [0.1, 0.15) is 217 Å². The van der Waals surface area contributed by atoms with Gasteiger partial charge in [-0.25, -0.2) is 0 Å². The van der Waals surface area contributed by atoms with Gasteiger partial charge in [-0.1, -0.05) is 182 Å². The quantitative estimate of drug-likeness (QED) is 0.0162. The van der Waals surface area contributed by atoms with Crippen LogP contribution in [0.5, 0.6) is 23.0 Å². The van der Waals surface area contributed by atoms with Crippen LogP contribution in [-0.4, -0.2) is 37.9 Å². The van der Waals surface area contributed by atoms with Crippen molar-refractivity contribution in [3.8, 4) is 23.0 Å². The predicted octanol–water partition coefficient (Wildman–Crippen LogP) is 25.6. The fraction of sp³-hybridized carbons (Fsp3) is 0.463. The number of thioether (sulfide) groups is 4. The summed E-state index contributed by atoms with van der Waals surface area (Å²) in [5.41, 5.74) is 8.72. The minimum atomic E-state index is 0. The number of hydrogen-bond donors (Lipinski definition) is 0. The van der Waals surface area contributed by atoms with Gasteiger partial charge in [0.15, 0.2) is 0 Å². The maximum atomic E-state index is 6.06. The van der Waals surface area contributed by atoms with E-state index in [-0.39, 0.29) is 33.0 Å². The summed E-state index contributed by atoms with van der Waals surface area (Å²) in [7, 11) is 0. The van der Waals surface area contributed by atoms with Crippen LogP contribution in [0.25, 0.3) is 19.6 Å². The summed E-state index contributed by atoms with van der Waals surface area (Å²) in [6.45, 7) is 37.8. The minimum absolute atomic E-state index is 0. The average Bonchev–Trinajstić information content (AvgIpc) is 0.847. The topological polar surface area (TPSA) is 36.9 Å². The Morgan fingerprint density at radius 3 is 0.890 bits per heavy atom. The van der Waals surface area contributed by atoms with Gasteiger partial charge in [-0.05, 0) is 218 Å². The summed E-state index contributed by atoms with van der Waals surface area (Å²) >= 11 is 51.5. The van der Waals surface area contributed by atoms with Gasteiger partial charge in [-0.2, -0.15) is 60.1 Å². The van der Waals surface area contributed by atoms with Crippen LogP contribution in [0.3, 0.4) is 0 Å². The van der Waals surface area contributed by atoms with Gasteiger partial charge in [0.25, 0.3) is 0 Å². The maximum absolute atomic E-state index is 6.06. The van der Waals surface area contributed by atoms with Crippen molar-refractivity contribution in [2.24, 2.45) is 23.7 Å². The van der Waals surface area contributed by atoms with Crippen molar-refractivity contribution in [2.45, 2.75) is 197 Å². The van der Waals surface area contributed by atoms with Gasteiger partial charge >= 0.3 is 0 Å². The summed E-state index contributed by atoms with van der Waals surface area (Å²) in [6.07, 6.45) is 11.0. The van der Waals surface area contributed by atoms with Crippen LogP contribution in [-0.2, 0) is 134 Å². The van der Waals surface area contributed by atoms with Crippen LogP contribution in [0.15, 0.2) is 160 Å². The van der Waals surface area contributed by atoms with Gasteiger partial charge in [0.05, 0.1) is 26.4 Å². The molecular formula is C82H108Ni2O4S12-8. The molecule has 0 heterocycles. The molecule has 0 aliphatic heterocycles. The second-order valence-electron chi connectivity index (χ2n) is 26.0. The zero-order chi connectivity index (χ0) is 72.7.